The van der Waals surface area contributed by atoms with Gasteiger partial charge in [0.2, 0.25) is 5.91 Å². The lowest BCUT2D eigenvalue weighted by Crippen LogP contribution is -2.53. The van der Waals surface area contributed by atoms with E-state index in [1.54, 1.807) is 34.6 Å². The fourth-order valence-corrected chi connectivity index (χ4v) is 1.51. The number of nitrogens with one attached hydrogen (secondary N) is 2. The Kier molecular flexibility index (Phi) is 7.18. The van der Waals surface area contributed by atoms with E-state index in [-0.39, 0.29) is 5.92 Å². The van der Waals surface area contributed by atoms with Crippen molar-refractivity contribution in [1.29, 1.82) is 0 Å². The van der Waals surface area contributed by atoms with E-state index in [1.165, 1.54) is 14.0 Å². The van der Waals surface area contributed by atoms with Crippen molar-refractivity contribution in [2.45, 2.75) is 59.2 Å². The second kappa shape index (κ2) is 7.85. The fraction of sp³-hybridized carbons (Fsp3) is 0.786. The maximum atomic E-state index is 12.1. The number of carbonyl (C=O) groups is 3. The molecule has 0 unspecified atom stereocenters. The lowest BCUT2D eigenvalue weighted by Gasteiger charge is -2.26. The zero-order valence-electron chi connectivity index (χ0n) is 13.8. The van der Waals surface area contributed by atoms with Gasteiger partial charge in [0.1, 0.15) is 17.7 Å². The molecule has 0 saturated heterocycles. The maximum absolute atomic E-state index is 12.1. The predicted molar refractivity (Wildman–Crippen MR) is 77.6 cm³/mol. The number of rotatable bonds is 5. The summed E-state index contributed by atoms with van der Waals surface area (Å²) in [6, 6.07) is -1.59. The minimum absolute atomic E-state index is 0.164. The second-order valence-corrected chi connectivity index (χ2v) is 6.12. The van der Waals surface area contributed by atoms with Gasteiger partial charge in [0.15, 0.2) is 0 Å². The summed E-state index contributed by atoms with van der Waals surface area (Å²) in [5.41, 5.74) is -0.651. The molecule has 0 saturated carbocycles. The highest BCUT2D eigenvalue weighted by molar-refractivity contribution is 5.89. The molecule has 0 aromatic rings. The van der Waals surface area contributed by atoms with Crippen molar-refractivity contribution >= 4 is 18.0 Å². The smallest absolute Gasteiger partial charge is 0.408 e. The normalized spacial score (nSPS) is 14.1. The van der Waals surface area contributed by atoms with E-state index in [0.717, 1.165) is 0 Å². The molecule has 7 heteroatoms. The molecule has 0 fully saturated rings. The Balaban J connectivity index is 4.72. The van der Waals surface area contributed by atoms with Crippen LogP contribution in [0.2, 0.25) is 0 Å². The summed E-state index contributed by atoms with van der Waals surface area (Å²) in [5, 5.41) is 5.01. The van der Waals surface area contributed by atoms with Gasteiger partial charge in [-0.25, -0.2) is 9.59 Å². The number of methoxy groups -OCH3 is 1. The number of amides is 2. The van der Waals surface area contributed by atoms with Gasteiger partial charge in [0.05, 0.1) is 7.11 Å². The highest BCUT2D eigenvalue weighted by Crippen LogP contribution is 2.09. The summed E-state index contributed by atoms with van der Waals surface area (Å²) in [5.74, 6) is -1.18. The van der Waals surface area contributed by atoms with Gasteiger partial charge in [-0.15, -0.1) is 0 Å². The van der Waals surface area contributed by atoms with E-state index in [9.17, 15) is 14.4 Å². The zero-order chi connectivity index (χ0) is 16.8. The molecule has 2 N–H and O–H groups in total. The van der Waals surface area contributed by atoms with Crippen LogP contribution in [0.3, 0.4) is 0 Å². The molecule has 0 rings (SSSR count). The van der Waals surface area contributed by atoms with Crippen LogP contribution in [0.15, 0.2) is 0 Å². The fourth-order valence-electron chi connectivity index (χ4n) is 1.51. The van der Waals surface area contributed by atoms with Crippen molar-refractivity contribution in [2.24, 2.45) is 5.92 Å². The number of ether oxygens (including phenoxy) is 2. The van der Waals surface area contributed by atoms with E-state index in [0.29, 0.717) is 0 Å². The highest BCUT2D eigenvalue weighted by Gasteiger charge is 2.28. The number of alkyl carbamates (subject to hydrolysis) is 1. The first kappa shape index (κ1) is 19.2. The topological polar surface area (TPSA) is 93.7 Å². The summed E-state index contributed by atoms with van der Waals surface area (Å²) in [6.45, 7) is 10.3. The number of carbonyl (C=O) groups excluding carboxylic acids is 3. The third kappa shape index (κ3) is 7.53. The van der Waals surface area contributed by atoms with Crippen molar-refractivity contribution in [3.05, 3.63) is 0 Å². The molecule has 7 nitrogen and oxygen atoms in total. The van der Waals surface area contributed by atoms with Crippen molar-refractivity contribution in [1.82, 2.24) is 10.6 Å². The molecule has 122 valence electrons. The lowest BCUT2D eigenvalue weighted by atomic mass is 10.0. The van der Waals surface area contributed by atoms with E-state index >= 15 is 0 Å². The second-order valence-electron chi connectivity index (χ2n) is 6.12. The third-order valence-electron chi connectivity index (χ3n) is 2.53. The van der Waals surface area contributed by atoms with Crippen molar-refractivity contribution < 1.29 is 23.9 Å². The minimum Gasteiger partial charge on any atom is -0.467 e. The molecule has 21 heavy (non-hydrogen) atoms. The highest BCUT2D eigenvalue weighted by atomic mass is 16.6. The van der Waals surface area contributed by atoms with Gasteiger partial charge in [-0.05, 0) is 33.6 Å². The number of hydrogen-bond acceptors (Lipinski definition) is 5. The molecule has 2 amide bonds. The Hall–Kier alpha value is -1.79. The molecule has 0 spiro atoms. The monoisotopic (exact) mass is 302 g/mol. The molecule has 0 aromatic carbocycles. The maximum Gasteiger partial charge on any atom is 0.408 e. The van der Waals surface area contributed by atoms with Crippen molar-refractivity contribution in [2.75, 3.05) is 7.11 Å². The first-order valence-corrected chi connectivity index (χ1v) is 6.85. The van der Waals surface area contributed by atoms with Gasteiger partial charge in [0, 0.05) is 0 Å². The Labute approximate surface area is 125 Å². The van der Waals surface area contributed by atoms with Crippen molar-refractivity contribution in [3.8, 4) is 0 Å². The van der Waals surface area contributed by atoms with Crippen LogP contribution < -0.4 is 10.6 Å². The first-order valence-electron chi connectivity index (χ1n) is 6.85. The lowest BCUT2D eigenvalue weighted by molar-refractivity contribution is -0.144. The minimum atomic E-state index is -0.799. The average Bonchev–Trinajstić information content (AvgIpc) is 2.31. The molecule has 0 aromatic heterocycles. The largest absolute Gasteiger partial charge is 0.467 e. The van der Waals surface area contributed by atoms with E-state index in [1.807, 2.05) is 0 Å². The van der Waals surface area contributed by atoms with Crippen LogP contribution in [0.25, 0.3) is 0 Å². The van der Waals surface area contributed by atoms with Gasteiger partial charge in [-0.3, -0.25) is 4.79 Å². The first-order chi connectivity index (χ1) is 9.47. The molecular formula is C14H26N2O5. The van der Waals surface area contributed by atoms with Crippen LogP contribution in [0.4, 0.5) is 4.79 Å². The Morgan fingerprint density at radius 2 is 1.52 bits per heavy atom. The van der Waals surface area contributed by atoms with E-state index in [2.05, 4.69) is 15.4 Å². The number of hydrogen-bond donors (Lipinski definition) is 2. The summed E-state index contributed by atoms with van der Waals surface area (Å²) in [4.78, 5) is 35.2. The van der Waals surface area contributed by atoms with Gasteiger partial charge in [-0.1, -0.05) is 13.8 Å². The van der Waals surface area contributed by atoms with Crippen molar-refractivity contribution in [3.63, 3.8) is 0 Å². The predicted octanol–water partition coefficient (Wildman–Crippen LogP) is 1.21. The molecule has 2 atom stereocenters. The van der Waals surface area contributed by atoms with E-state index < -0.39 is 35.7 Å². The average molecular weight is 302 g/mol. The Morgan fingerprint density at radius 3 is 1.90 bits per heavy atom. The molecular weight excluding hydrogens is 276 g/mol. The SMILES string of the molecule is COC(=O)[C@@H](C)NC(=O)[C@H](NC(=O)OC(C)(C)C)C(C)C. The standard InChI is InChI=1S/C14H26N2O5/c1-8(2)10(16-13(19)21-14(4,5)6)11(17)15-9(3)12(18)20-7/h8-10H,1-7H3,(H,15,17)(H,16,19)/t9-,10-/m1/s1. The molecule has 0 aliphatic heterocycles. The molecule has 0 heterocycles. The van der Waals surface area contributed by atoms with Gasteiger partial charge >= 0.3 is 12.1 Å². The van der Waals surface area contributed by atoms with Crippen LogP contribution in [-0.2, 0) is 19.1 Å². The Morgan fingerprint density at radius 1 is 1.00 bits per heavy atom. The van der Waals surface area contributed by atoms with E-state index in [4.69, 9.17) is 4.74 Å². The quantitative estimate of drug-likeness (QED) is 0.745. The molecule has 0 bridgehead atoms. The Bertz CT molecular complexity index is 387. The van der Waals surface area contributed by atoms with Gasteiger partial charge < -0.3 is 20.1 Å². The van der Waals surface area contributed by atoms with Gasteiger partial charge in [0.25, 0.3) is 0 Å². The molecule has 0 radical (unpaired) electrons. The van der Waals surface area contributed by atoms with Crippen LogP contribution in [0, 0.1) is 5.92 Å². The zero-order valence-corrected chi connectivity index (χ0v) is 13.8. The number of esters is 1. The van der Waals surface area contributed by atoms with Crippen LogP contribution in [-0.4, -0.2) is 42.8 Å². The third-order valence-corrected chi connectivity index (χ3v) is 2.53. The van der Waals surface area contributed by atoms with Crippen LogP contribution in [0.5, 0.6) is 0 Å². The summed E-state index contributed by atoms with van der Waals surface area (Å²) < 4.78 is 9.65. The molecule has 0 aliphatic carbocycles. The summed E-state index contributed by atoms with van der Waals surface area (Å²) in [6.07, 6.45) is -0.679. The molecule has 0 aliphatic rings. The van der Waals surface area contributed by atoms with Gasteiger partial charge in [-0.2, -0.15) is 0 Å². The van der Waals surface area contributed by atoms with Crippen LogP contribution in [0.1, 0.15) is 41.5 Å². The summed E-state index contributed by atoms with van der Waals surface area (Å²) >= 11 is 0. The van der Waals surface area contributed by atoms with Crippen LogP contribution >= 0.6 is 0 Å². The summed E-state index contributed by atoms with van der Waals surface area (Å²) in [7, 11) is 1.24.